The Morgan fingerprint density at radius 2 is 2.42 bits per heavy atom. The first-order chi connectivity index (χ1) is 5.75. The van der Waals surface area contributed by atoms with Crippen molar-refractivity contribution in [2.75, 3.05) is 18.1 Å². The van der Waals surface area contributed by atoms with Crippen LogP contribution in [-0.4, -0.2) is 21.8 Å². The van der Waals surface area contributed by atoms with Crippen molar-refractivity contribution >= 4 is 17.5 Å². The Bertz CT molecular complexity index is 281. The Morgan fingerprint density at radius 1 is 1.67 bits per heavy atom. The van der Waals surface area contributed by atoms with Crippen LogP contribution >= 0.6 is 11.7 Å². The minimum atomic E-state index is -0.250. The average molecular weight is 189 g/mol. The number of aromatic amines is 1. The first-order valence-electron chi connectivity index (χ1n) is 3.52. The predicted molar refractivity (Wildman–Crippen MR) is 47.9 cm³/mol. The van der Waals surface area contributed by atoms with Gasteiger partial charge in [-0.2, -0.15) is 4.37 Å². The molecule has 1 heterocycles. The Hall–Kier alpha value is -0.920. The summed E-state index contributed by atoms with van der Waals surface area (Å²) >= 11 is 0.988. The third-order valence-corrected chi connectivity index (χ3v) is 1.89. The van der Waals surface area contributed by atoms with E-state index in [0.29, 0.717) is 13.1 Å². The highest BCUT2D eigenvalue weighted by Crippen LogP contribution is 1.99. The van der Waals surface area contributed by atoms with Crippen LogP contribution in [0.4, 0.5) is 5.82 Å². The molecule has 0 atom stereocenters. The fourth-order valence-electron chi connectivity index (χ4n) is 0.745. The van der Waals surface area contributed by atoms with Gasteiger partial charge in [0.25, 0.3) is 0 Å². The predicted octanol–water partition coefficient (Wildman–Crippen LogP) is -1.14. The number of hydrogen-bond donors (Lipinski definition) is 3. The Labute approximate surface area is 73.5 Å². The maximum atomic E-state index is 11.0. The molecule has 0 aliphatic rings. The topological polar surface area (TPSA) is 101 Å². The van der Waals surface area contributed by atoms with Gasteiger partial charge in [-0.1, -0.05) is 0 Å². The average Bonchev–Trinajstić information content (AvgIpc) is 2.47. The molecule has 1 aromatic rings. The van der Waals surface area contributed by atoms with E-state index in [0.717, 1.165) is 18.1 Å². The quantitative estimate of drug-likeness (QED) is 0.410. The van der Waals surface area contributed by atoms with Gasteiger partial charge in [-0.3, -0.25) is 14.2 Å². The minimum Gasteiger partial charge on any atom is -0.330 e. The molecule has 0 saturated heterocycles. The molecule has 0 bridgehead atoms. The van der Waals surface area contributed by atoms with E-state index in [2.05, 4.69) is 8.75 Å². The third-order valence-electron chi connectivity index (χ3n) is 1.35. The number of nitrogens with zero attached hydrogens (tertiary/aromatic N) is 2. The van der Waals surface area contributed by atoms with Crippen LogP contribution in [0.15, 0.2) is 4.79 Å². The number of nitrogens with one attached hydrogen (secondary N) is 1. The van der Waals surface area contributed by atoms with Gasteiger partial charge >= 0.3 is 5.56 Å². The summed E-state index contributed by atoms with van der Waals surface area (Å²) in [6.45, 7) is 1.10. The molecular formula is C5H11N5OS. The highest BCUT2D eigenvalue weighted by atomic mass is 32.1. The Morgan fingerprint density at radius 3 is 2.92 bits per heavy atom. The smallest absolute Gasteiger partial charge is 0.303 e. The molecule has 68 valence electrons. The molecule has 12 heavy (non-hydrogen) atoms. The van der Waals surface area contributed by atoms with Crippen LogP contribution in [0.25, 0.3) is 0 Å². The van der Waals surface area contributed by atoms with Crippen LogP contribution in [0, 0.1) is 0 Å². The second kappa shape index (κ2) is 4.19. The van der Waals surface area contributed by atoms with E-state index in [1.807, 2.05) is 0 Å². The summed E-state index contributed by atoms with van der Waals surface area (Å²) in [5, 5.41) is 1.31. The van der Waals surface area contributed by atoms with E-state index in [1.165, 1.54) is 5.01 Å². The Balaban J connectivity index is 2.59. The van der Waals surface area contributed by atoms with Crippen LogP contribution in [-0.2, 0) is 0 Å². The van der Waals surface area contributed by atoms with Crippen molar-refractivity contribution in [3.63, 3.8) is 0 Å². The molecule has 0 radical (unpaired) electrons. The maximum absolute atomic E-state index is 11.0. The molecule has 1 aromatic heterocycles. The lowest BCUT2D eigenvalue weighted by molar-refractivity contribution is 0.753. The van der Waals surface area contributed by atoms with Crippen LogP contribution in [0.2, 0.25) is 0 Å². The second-order valence-corrected chi connectivity index (χ2v) is 2.84. The first-order valence-corrected chi connectivity index (χ1v) is 4.29. The van der Waals surface area contributed by atoms with Gasteiger partial charge < -0.3 is 5.73 Å². The van der Waals surface area contributed by atoms with Crippen molar-refractivity contribution in [1.82, 2.24) is 8.75 Å². The van der Waals surface area contributed by atoms with Gasteiger partial charge in [0.15, 0.2) is 0 Å². The number of anilines is 1. The van der Waals surface area contributed by atoms with E-state index < -0.39 is 0 Å². The van der Waals surface area contributed by atoms with Crippen molar-refractivity contribution < 1.29 is 0 Å². The SMILES string of the molecule is NCCCN(N)c1ns[nH]c1=O. The molecule has 0 amide bonds. The third kappa shape index (κ3) is 2.03. The number of rotatable bonds is 4. The fraction of sp³-hybridized carbons (Fsp3) is 0.600. The highest BCUT2D eigenvalue weighted by molar-refractivity contribution is 6.99. The minimum absolute atomic E-state index is 0.250. The van der Waals surface area contributed by atoms with E-state index in [9.17, 15) is 4.79 Å². The zero-order valence-electron chi connectivity index (χ0n) is 6.49. The van der Waals surface area contributed by atoms with Crippen molar-refractivity contribution in [3.05, 3.63) is 10.4 Å². The summed E-state index contributed by atoms with van der Waals surface area (Å²) in [6.07, 6.45) is 0.744. The van der Waals surface area contributed by atoms with Crippen LogP contribution in [0.5, 0.6) is 0 Å². The molecule has 0 spiro atoms. The van der Waals surface area contributed by atoms with Crippen LogP contribution < -0.4 is 22.1 Å². The number of hydrazine groups is 1. The summed E-state index contributed by atoms with van der Waals surface area (Å²) in [4.78, 5) is 11.0. The molecule has 0 saturated carbocycles. The number of nitrogens with two attached hydrogens (primary N) is 2. The molecule has 0 aliphatic carbocycles. The van der Waals surface area contributed by atoms with Gasteiger partial charge in [0, 0.05) is 18.3 Å². The van der Waals surface area contributed by atoms with Crippen LogP contribution in [0.1, 0.15) is 6.42 Å². The maximum Gasteiger partial charge on any atom is 0.303 e. The van der Waals surface area contributed by atoms with E-state index in [1.54, 1.807) is 0 Å². The summed E-state index contributed by atoms with van der Waals surface area (Å²) < 4.78 is 6.25. The lowest BCUT2D eigenvalue weighted by atomic mass is 10.4. The lowest BCUT2D eigenvalue weighted by Gasteiger charge is -2.12. The van der Waals surface area contributed by atoms with Gasteiger partial charge in [-0.05, 0) is 13.0 Å². The Kier molecular flexibility index (Phi) is 3.20. The standard InChI is InChI=1S/C5H11N5OS/c6-2-1-3-10(7)4-5(11)9-12-8-4/h1-3,6-7H2,(H,9,11). The van der Waals surface area contributed by atoms with E-state index in [4.69, 9.17) is 11.6 Å². The van der Waals surface area contributed by atoms with Gasteiger partial charge in [0.2, 0.25) is 5.82 Å². The summed E-state index contributed by atoms with van der Waals surface area (Å²) in [6, 6.07) is 0. The van der Waals surface area contributed by atoms with Gasteiger partial charge in [-0.15, -0.1) is 0 Å². The highest BCUT2D eigenvalue weighted by Gasteiger charge is 2.07. The zero-order chi connectivity index (χ0) is 8.97. The molecule has 0 aliphatic heterocycles. The second-order valence-electron chi connectivity index (χ2n) is 2.27. The van der Waals surface area contributed by atoms with E-state index in [-0.39, 0.29) is 11.4 Å². The largest absolute Gasteiger partial charge is 0.330 e. The monoisotopic (exact) mass is 189 g/mol. The summed E-state index contributed by atoms with van der Waals surface area (Å²) in [5.74, 6) is 5.79. The zero-order valence-corrected chi connectivity index (χ0v) is 7.30. The van der Waals surface area contributed by atoms with Gasteiger partial charge in [-0.25, -0.2) is 5.84 Å². The summed E-state index contributed by atoms with van der Waals surface area (Å²) in [5.41, 5.74) is 5.03. The number of aromatic nitrogens is 2. The summed E-state index contributed by atoms with van der Waals surface area (Å²) in [7, 11) is 0. The molecule has 0 aromatic carbocycles. The van der Waals surface area contributed by atoms with Crippen molar-refractivity contribution in [2.45, 2.75) is 6.42 Å². The van der Waals surface area contributed by atoms with E-state index >= 15 is 0 Å². The molecule has 5 N–H and O–H groups in total. The molecule has 1 rings (SSSR count). The van der Waals surface area contributed by atoms with Crippen molar-refractivity contribution in [1.29, 1.82) is 0 Å². The van der Waals surface area contributed by atoms with Crippen molar-refractivity contribution in [2.24, 2.45) is 11.6 Å². The van der Waals surface area contributed by atoms with Gasteiger partial charge in [0.1, 0.15) is 0 Å². The van der Waals surface area contributed by atoms with Gasteiger partial charge in [0.05, 0.1) is 0 Å². The number of hydrogen-bond acceptors (Lipinski definition) is 6. The molecular weight excluding hydrogens is 178 g/mol. The fourth-order valence-corrected chi connectivity index (χ4v) is 1.24. The van der Waals surface area contributed by atoms with Crippen molar-refractivity contribution in [3.8, 4) is 0 Å². The molecule has 6 nitrogen and oxygen atoms in total. The number of H-pyrrole nitrogens is 1. The first kappa shape index (κ1) is 9.17. The van der Waals surface area contributed by atoms with Crippen LogP contribution in [0.3, 0.4) is 0 Å². The molecule has 0 fully saturated rings. The molecule has 0 unspecified atom stereocenters. The molecule has 7 heteroatoms. The lowest BCUT2D eigenvalue weighted by Crippen LogP contribution is -2.36. The normalized spacial score (nSPS) is 10.2.